The normalized spacial score (nSPS) is 17.6. The first-order valence-electron chi connectivity index (χ1n) is 27.9. The van der Waals surface area contributed by atoms with Crippen LogP contribution in [0.15, 0.2) is 30.3 Å². The van der Waals surface area contributed by atoms with Gasteiger partial charge in [0.2, 0.25) is 35.4 Å². The monoisotopic (exact) mass is 1120 g/mol. The van der Waals surface area contributed by atoms with Crippen molar-refractivity contribution < 1.29 is 71.9 Å². The number of aliphatic hydroxyl groups is 1. The van der Waals surface area contributed by atoms with Gasteiger partial charge < -0.3 is 75.2 Å². The van der Waals surface area contributed by atoms with Gasteiger partial charge >= 0.3 is 12.1 Å². The smallest absolute Gasteiger partial charge is 0.407 e. The summed E-state index contributed by atoms with van der Waals surface area (Å²) in [6.07, 6.45) is -1.03. The molecule has 0 radical (unpaired) electrons. The molecular formula is C56H96N8O15. The lowest BCUT2D eigenvalue weighted by Gasteiger charge is -2.41. The van der Waals surface area contributed by atoms with Gasteiger partial charge in [-0.05, 0) is 63.0 Å². The van der Waals surface area contributed by atoms with E-state index >= 15 is 0 Å². The SMILES string of the molecule is CCC(CO)OC(COC(=O)NCCC(=O)N[C@@H](C)C(=O)OCCCNC(=O)[C@H](Cc1ccccc1)NC(=O)[C@H](C)[C@@H](OC)[C@@H]1CCCN1C(=O)CC(OC)[C@H](C(C)CC)N(C)C(=O)[C@@H](NC(=O)[C@@H](NC)C(C)C)C(C)C)OC. The molecule has 0 bridgehead atoms. The van der Waals surface area contributed by atoms with Crippen molar-refractivity contribution in [3.05, 3.63) is 35.9 Å². The number of methoxy groups -OCH3 is 3. The van der Waals surface area contributed by atoms with Crippen molar-refractivity contribution in [2.75, 3.05) is 74.9 Å². The van der Waals surface area contributed by atoms with Gasteiger partial charge in [0.15, 0.2) is 6.29 Å². The number of nitrogens with one attached hydrogen (secondary N) is 6. The lowest BCUT2D eigenvalue weighted by atomic mass is 9.89. The van der Waals surface area contributed by atoms with Crippen molar-refractivity contribution >= 4 is 47.5 Å². The molecule has 79 heavy (non-hydrogen) atoms. The summed E-state index contributed by atoms with van der Waals surface area (Å²) in [5, 5.41) is 26.0. The van der Waals surface area contributed by atoms with Crippen LogP contribution in [0.1, 0.15) is 113 Å². The summed E-state index contributed by atoms with van der Waals surface area (Å²) in [7, 11) is 7.79. The highest BCUT2D eigenvalue weighted by Crippen LogP contribution is 2.30. The van der Waals surface area contributed by atoms with Gasteiger partial charge in [-0.3, -0.25) is 28.8 Å². The molecule has 0 saturated carbocycles. The molecule has 0 aromatic heterocycles. The molecule has 4 unspecified atom stereocenters. The maximum absolute atomic E-state index is 14.5. The van der Waals surface area contributed by atoms with E-state index < -0.39 is 96.6 Å². The van der Waals surface area contributed by atoms with Crippen LogP contribution >= 0.6 is 0 Å². The number of benzene rings is 1. The molecule has 12 atom stereocenters. The summed E-state index contributed by atoms with van der Waals surface area (Å²) >= 11 is 0. The average Bonchev–Trinajstić information content (AvgIpc) is 3.92. The van der Waals surface area contributed by atoms with Crippen LogP contribution in [-0.2, 0) is 68.4 Å². The Hall–Kier alpha value is -5.46. The van der Waals surface area contributed by atoms with E-state index in [1.54, 1.807) is 30.8 Å². The molecule has 1 saturated heterocycles. The Labute approximate surface area is 468 Å². The summed E-state index contributed by atoms with van der Waals surface area (Å²) in [5.74, 6) is -4.08. The number of amides is 7. The predicted octanol–water partition coefficient (Wildman–Crippen LogP) is 2.45. The first-order chi connectivity index (χ1) is 37.5. The third-order valence-corrected chi connectivity index (χ3v) is 14.5. The molecule has 7 amide bonds. The fourth-order valence-electron chi connectivity index (χ4n) is 9.61. The Morgan fingerprint density at radius 3 is 2.03 bits per heavy atom. The Morgan fingerprint density at radius 2 is 1.46 bits per heavy atom. The van der Waals surface area contributed by atoms with Crippen molar-refractivity contribution in [1.29, 1.82) is 0 Å². The quantitative estimate of drug-likeness (QED) is 0.0286. The average molecular weight is 1120 g/mol. The van der Waals surface area contributed by atoms with E-state index in [9.17, 15) is 43.5 Å². The van der Waals surface area contributed by atoms with Crippen LogP contribution < -0.4 is 31.9 Å². The van der Waals surface area contributed by atoms with Gasteiger partial charge in [-0.25, -0.2) is 9.59 Å². The van der Waals surface area contributed by atoms with Crippen molar-refractivity contribution in [2.45, 2.75) is 175 Å². The summed E-state index contributed by atoms with van der Waals surface area (Å²) < 4.78 is 33.1. The molecule has 23 heteroatoms. The zero-order valence-electron chi connectivity index (χ0n) is 49.4. The molecule has 1 aromatic carbocycles. The van der Waals surface area contributed by atoms with Crippen LogP contribution in [0.2, 0.25) is 0 Å². The number of likely N-dealkylation sites (N-methyl/N-ethyl adjacent to an activating group) is 2. The molecule has 2 rings (SSSR count). The predicted molar refractivity (Wildman–Crippen MR) is 296 cm³/mol. The van der Waals surface area contributed by atoms with Gasteiger partial charge in [-0.15, -0.1) is 0 Å². The highest BCUT2D eigenvalue weighted by molar-refractivity contribution is 5.91. The second kappa shape index (κ2) is 36.7. The van der Waals surface area contributed by atoms with Crippen LogP contribution in [0.5, 0.6) is 0 Å². The number of esters is 1. The maximum Gasteiger partial charge on any atom is 0.407 e. The number of aliphatic hydroxyl groups excluding tert-OH is 1. The highest BCUT2D eigenvalue weighted by atomic mass is 16.7. The zero-order chi connectivity index (χ0) is 59.4. The van der Waals surface area contributed by atoms with E-state index in [2.05, 4.69) is 31.9 Å². The minimum absolute atomic E-state index is 0.0100. The number of nitrogens with zero attached hydrogens (tertiary/aromatic N) is 2. The number of alkyl carbamates (subject to hydrolysis) is 1. The van der Waals surface area contributed by atoms with E-state index in [-0.39, 0.29) is 94.1 Å². The lowest BCUT2D eigenvalue weighted by molar-refractivity contribution is -0.181. The second-order valence-electron chi connectivity index (χ2n) is 21.0. The number of carbonyl (C=O) groups is 8. The summed E-state index contributed by atoms with van der Waals surface area (Å²) in [6.45, 7) is 16.5. The fraction of sp³-hybridized carbons (Fsp3) is 0.750. The van der Waals surface area contributed by atoms with Crippen LogP contribution in [-0.4, -0.2) is 198 Å². The van der Waals surface area contributed by atoms with Gasteiger partial charge in [0, 0.05) is 60.9 Å². The molecule has 1 aromatic rings. The Bertz CT molecular complexity index is 2030. The van der Waals surface area contributed by atoms with Gasteiger partial charge in [-0.1, -0.05) is 92.1 Å². The lowest BCUT2D eigenvalue weighted by Crippen LogP contribution is -2.59. The maximum atomic E-state index is 14.5. The minimum Gasteiger partial charge on any atom is -0.464 e. The first-order valence-corrected chi connectivity index (χ1v) is 27.9. The van der Waals surface area contributed by atoms with E-state index in [1.807, 2.05) is 78.8 Å². The molecule has 1 fully saturated rings. The van der Waals surface area contributed by atoms with Crippen LogP contribution in [0, 0.1) is 23.7 Å². The third kappa shape index (κ3) is 22.9. The molecule has 7 N–H and O–H groups in total. The Kier molecular flexibility index (Phi) is 32.4. The number of carbonyl (C=O) groups excluding carboxylic acids is 8. The van der Waals surface area contributed by atoms with Crippen molar-refractivity contribution in [1.82, 2.24) is 41.7 Å². The van der Waals surface area contributed by atoms with E-state index in [1.165, 1.54) is 28.3 Å². The molecular weight excluding hydrogens is 1020 g/mol. The van der Waals surface area contributed by atoms with Gasteiger partial charge in [-0.2, -0.15) is 0 Å². The van der Waals surface area contributed by atoms with E-state index in [4.69, 9.17) is 28.4 Å². The molecule has 23 nitrogen and oxygen atoms in total. The van der Waals surface area contributed by atoms with Crippen LogP contribution in [0.3, 0.4) is 0 Å². The largest absolute Gasteiger partial charge is 0.464 e. The standard InChI is InChI=1S/C56H96N8O15/c1-15-36(7)49(63(11)54(71)48(35(5)6)62-53(70)47(57-10)34(3)4)43(74-12)31-45(67)64-28-20-24-42(64)50(76-14)37(8)51(68)61-41(30-39-22-18-17-19-23-39)52(69)58-26-21-29-77-55(72)38(9)60-44(66)25-27-59-56(73)78-33-46(75-13)79-40(16-2)32-65/h17-19,22-23,34-38,40-43,46-50,57,65H,15-16,20-21,24-33H2,1-14H3,(H,58,69)(H,59,73)(H,60,66)(H,61,68)(H,62,70)/t36?,37-,38+,40?,41+,42+,43?,46?,47+,48+,49+,50-/m1/s1. The van der Waals surface area contributed by atoms with Crippen LogP contribution in [0.4, 0.5) is 4.79 Å². The zero-order valence-corrected chi connectivity index (χ0v) is 49.4. The van der Waals surface area contributed by atoms with Gasteiger partial charge in [0.05, 0.1) is 62.0 Å². The summed E-state index contributed by atoms with van der Waals surface area (Å²) in [5.41, 5.74) is 0.798. The molecule has 0 aliphatic carbocycles. The summed E-state index contributed by atoms with van der Waals surface area (Å²) in [6, 6.07) is 4.86. The molecule has 0 spiro atoms. The van der Waals surface area contributed by atoms with Crippen molar-refractivity contribution in [3.63, 3.8) is 0 Å². The topological polar surface area (TPSA) is 291 Å². The summed E-state index contributed by atoms with van der Waals surface area (Å²) in [4.78, 5) is 111. The number of ether oxygens (including phenoxy) is 6. The number of hydrogen-bond donors (Lipinski definition) is 7. The minimum atomic E-state index is -1.01. The molecule has 1 aliphatic rings. The first kappa shape index (κ1) is 69.6. The molecule has 450 valence electrons. The number of hydrogen-bond acceptors (Lipinski definition) is 16. The third-order valence-electron chi connectivity index (χ3n) is 14.5. The number of likely N-dealkylation sites (tertiary alicyclic amines) is 1. The molecule has 1 heterocycles. The Morgan fingerprint density at radius 1 is 0.785 bits per heavy atom. The van der Waals surface area contributed by atoms with Gasteiger partial charge in [0.1, 0.15) is 24.7 Å². The number of rotatable bonds is 37. The van der Waals surface area contributed by atoms with Crippen molar-refractivity contribution in [2.24, 2.45) is 23.7 Å². The highest BCUT2D eigenvalue weighted by Gasteiger charge is 2.43. The van der Waals surface area contributed by atoms with Gasteiger partial charge in [0.25, 0.3) is 0 Å². The van der Waals surface area contributed by atoms with Crippen LogP contribution in [0.25, 0.3) is 0 Å². The van der Waals surface area contributed by atoms with E-state index in [0.29, 0.717) is 32.2 Å². The molecule has 1 aliphatic heterocycles. The second-order valence-corrected chi connectivity index (χ2v) is 21.0. The van der Waals surface area contributed by atoms with E-state index in [0.717, 1.165) is 5.56 Å². The van der Waals surface area contributed by atoms with Crippen molar-refractivity contribution in [3.8, 4) is 0 Å². The fourth-order valence-corrected chi connectivity index (χ4v) is 9.61. The Balaban J connectivity index is 2.06.